The van der Waals surface area contributed by atoms with Crippen LogP contribution in [0.3, 0.4) is 0 Å². The van der Waals surface area contributed by atoms with Crippen molar-refractivity contribution in [3.63, 3.8) is 0 Å². The molecule has 0 amide bonds. The zero-order chi connectivity index (χ0) is 23.9. The fraction of sp³-hybridized carbons (Fsp3) is 0.333. The number of rotatable bonds is 6. The maximum absolute atomic E-state index is 10.1. The fourth-order valence-corrected chi connectivity index (χ4v) is 5.73. The molecule has 1 N–H and O–H groups in total. The Labute approximate surface area is 212 Å². The van der Waals surface area contributed by atoms with Gasteiger partial charge in [0.2, 0.25) is 0 Å². The number of nitrogens with zero attached hydrogens (tertiary/aromatic N) is 2. The summed E-state index contributed by atoms with van der Waals surface area (Å²) < 4.78 is 19.3. The van der Waals surface area contributed by atoms with E-state index in [1.54, 1.807) is 14.2 Å². The van der Waals surface area contributed by atoms with Crippen LogP contribution < -0.4 is 14.2 Å². The van der Waals surface area contributed by atoms with Crippen LogP contribution in [0.1, 0.15) is 41.4 Å². The van der Waals surface area contributed by atoms with Crippen molar-refractivity contribution in [1.82, 2.24) is 9.47 Å². The number of fused-ring (bicyclic) bond motifs is 6. The molecular weight excluding hydrogens is 452 g/mol. The molecule has 3 heterocycles. The monoisotopic (exact) mass is 486 g/mol. The molecule has 1 aromatic heterocycles. The molecule has 6 nitrogen and oxygen atoms in total. The molecule has 2 aliphatic rings. The molecule has 36 heavy (non-hydrogen) atoms. The molecule has 0 saturated carbocycles. The van der Waals surface area contributed by atoms with Gasteiger partial charge in [-0.2, -0.15) is 0 Å². The lowest BCUT2D eigenvalue weighted by atomic mass is 9.85. The van der Waals surface area contributed by atoms with Gasteiger partial charge in [0.15, 0.2) is 11.5 Å². The summed E-state index contributed by atoms with van der Waals surface area (Å²) in [5, 5.41) is 11.4. The third-order valence-corrected chi connectivity index (χ3v) is 7.53. The van der Waals surface area contributed by atoms with Gasteiger partial charge in [0, 0.05) is 30.2 Å². The zero-order valence-corrected chi connectivity index (χ0v) is 20.2. The van der Waals surface area contributed by atoms with Crippen molar-refractivity contribution >= 4 is 10.9 Å². The van der Waals surface area contributed by atoms with Gasteiger partial charge >= 0.3 is 0 Å². The average Bonchev–Trinajstić information content (AvgIpc) is 3.23. The highest BCUT2D eigenvalue weighted by atomic mass is 16.5. The summed E-state index contributed by atoms with van der Waals surface area (Å²) in [6, 6.07) is 21.0. The van der Waals surface area contributed by atoms with E-state index >= 15 is 0 Å². The second kappa shape index (κ2) is 9.88. The van der Waals surface area contributed by atoms with Crippen LogP contribution in [0.2, 0.25) is 0 Å². The number of aliphatic hydroxyl groups is 1. The number of benzene rings is 3. The van der Waals surface area contributed by atoms with Gasteiger partial charge in [-0.3, -0.25) is 4.90 Å². The van der Waals surface area contributed by atoms with Crippen molar-refractivity contribution in [2.75, 3.05) is 20.8 Å². The molecule has 1 unspecified atom stereocenters. The van der Waals surface area contributed by atoms with Gasteiger partial charge in [0.05, 0.1) is 19.7 Å². The molecule has 4 aromatic rings. The van der Waals surface area contributed by atoms with E-state index in [2.05, 4.69) is 39.8 Å². The Morgan fingerprint density at radius 1 is 0.972 bits per heavy atom. The van der Waals surface area contributed by atoms with Crippen molar-refractivity contribution in [3.8, 4) is 17.2 Å². The van der Waals surface area contributed by atoms with Crippen LogP contribution in [0.15, 0.2) is 60.7 Å². The van der Waals surface area contributed by atoms with Gasteiger partial charge in [0.25, 0.3) is 0 Å². The SMILES string of the molecule is C.COc1ccc(COc2cc3c(cc2OC)CCN2Cc4c(c5ccccc5n4CO)CC32)cc1. The number of aliphatic hydroxyl groups excluding tert-OH is 1. The Morgan fingerprint density at radius 2 is 1.78 bits per heavy atom. The molecule has 0 aliphatic carbocycles. The first-order chi connectivity index (χ1) is 17.2. The number of ether oxygens (including phenoxy) is 3. The van der Waals surface area contributed by atoms with E-state index in [9.17, 15) is 5.11 Å². The maximum Gasteiger partial charge on any atom is 0.162 e. The summed E-state index contributed by atoms with van der Waals surface area (Å²) in [6.45, 7) is 2.29. The van der Waals surface area contributed by atoms with Gasteiger partial charge in [-0.05, 0) is 65.4 Å². The van der Waals surface area contributed by atoms with Crippen molar-refractivity contribution < 1.29 is 19.3 Å². The van der Waals surface area contributed by atoms with E-state index in [-0.39, 0.29) is 20.2 Å². The van der Waals surface area contributed by atoms with E-state index in [1.165, 1.54) is 27.8 Å². The molecule has 0 spiro atoms. The molecule has 2 aliphatic heterocycles. The van der Waals surface area contributed by atoms with Gasteiger partial charge in [-0.1, -0.05) is 37.8 Å². The molecule has 6 rings (SSSR count). The summed E-state index contributed by atoms with van der Waals surface area (Å²) >= 11 is 0. The average molecular weight is 487 g/mol. The third kappa shape index (κ3) is 4.00. The highest BCUT2D eigenvalue weighted by molar-refractivity contribution is 5.86. The second-order valence-electron chi connectivity index (χ2n) is 9.29. The molecule has 0 fully saturated rings. The zero-order valence-electron chi connectivity index (χ0n) is 20.2. The van der Waals surface area contributed by atoms with Gasteiger partial charge < -0.3 is 23.9 Å². The summed E-state index contributed by atoms with van der Waals surface area (Å²) in [5.74, 6) is 2.38. The van der Waals surface area contributed by atoms with E-state index in [0.717, 1.165) is 54.3 Å². The lowest BCUT2D eigenvalue weighted by Crippen LogP contribution is -2.39. The molecule has 0 radical (unpaired) electrons. The first kappa shape index (κ1) is 24.2. The predicted molar refractivity (Wildman–Crippen MR) is 142 cm³/mol. The van der Waals surface area contributed by atoms with Crippen molar-refractivity contribution in [3.05, 3.63) is 88.6 Å². The summed E-state index contributed by atoms with van der Waals surface area (Å²) in [7, 11) is 3.37. The molecular formula is C30H34N2O4. The highest BCUT2D eigenvalue weighted by Gasteiger charge is 2.35. The van der Waals surface area contributed by atoms with Crippen LogP contribution in [-0.2, 0) is 32.7 Å². The number of hydrogen-bond acceptors (Lipinski definition) is 5. The third-order valence-electron chi connectivity index (χ3n) is 7.53. The van der Waals surface area contributed by atoms with Crippen LogP contribution >= 0.6 is 0 Å². The lowest BCUT2D eigenvalue weighted by molar-refractivity contribution is 0.145. The Bertz CT molecular complexity index is 1380. The van der Waals surface area contributed by atoms with Crippen LogP contribution in [0.25, 0.3) is 10.9 Å². The Balaban J connectivity index is 0.00000267. The Hall–Kier alpha value is -3.48. The molecule has 188 valence electrons. The minimum atomic E-state index is 0. The maximum atomic E-state index is 10.1. The van der Waals surface area contributed by atoms with Gasteiger partial charge in [-0.25, -0.2) is 0 Å². The van der Waals surface area contributed by atoms with E-state index in [0.29, 0.717) is 6.61 Å². The Kier molecular flexibility index (Phi) is 6.65. The number of hydrogen-bond donors (Lipinski definition) is 1. The Morgan fingerprint density at radius 3 is 2.53 bits per heavy atom. The normalized spacial score (nSPS) is 16.5. The van der Waals surface area contributed by atoms with Gasteiger partial charge in [0.1, 0.15) is 19.1 Å². The van der Waals surface area contributed by atoms with Crippen LogP contribution in [0.4, 0.5) is 0 Å². The second-order valence-corrected chi connectivity index (χ2v) is 9.29. The quantitative estimate of drug-likeness (QED) is 0.391. The van der Waals surface area contributed by atoms with Crippen molar-refractivity contribution in [1.29, 1.82) is 0 Å². The fourth-order valence-electron chi connectivity index (χ4n) is 5.73. The van der Waals surface area contributed by atoms with E-state index in [1.807, 2.05) is 30.3 Å². The summed E-state index contributed by atoms with van der Waals surface area (Å²) in [6.07, 6.45) is 1.88. The minimum Gasteiger partial charge on any atom is -0.497 e. The minimum absolute atomic E-state index is 0. The smallest absolute Gasteiger partial charge is 0.162 e. The summed E-state index contributed by atoms with van der Waals surface area (Å²) in [5.41, 5.74) is 7.41. The molecule has 3 aromatic carbocycles. The van der Waals surface area contributed by atoms with Crippen molar-refractivity contribution in [2.45, 2.75) is 46.2 Å². The predicted octanol–water partition coefficient (Wildman–Crippen LogP) is 5.48. The van der Waals surface area contributed by atoms with E-state index in [4.69, 9.17) is 14.2 Å². The molecule has 0 saturated heterocycles. The van der Waals surface area contributed by atoms with Crippen LogP contribution in [0.5, 0.6) is 17.2 Å². The number of methoxy groups -OCH3 is 2. The molecule has 1 atom stereocenters. The molecule has 0 bridgehead atoms. The van der Waals surface area contributed by atoms with Crippen molar-refractivity contribution in [2.24, 2.45) is 0 Å². The largest absolute Gasteiger partial charge is 0.497 e. The summed E-state index contributed by atoms with van der Waals surface area (Å²) in [4.78, 5) is 2.54. The first-order valence-corrected chi connectivity index (χ1v) is 12.1. The highest BCUT2D eigenvalue weighted by Crippen LogP contribution is 2.44. The standard InChI is InChI=1S/C29H30N2O4.CH4/c1-33-21-9-7-19(8-10-21)17-35-29-15-23-20(13-28(29)34-2)11-12-30-16-27-24(14-26(23)30)22-5-3-4-6-25(22)31(27)18-32;/h3-10,13,15,26,32H,11-12,14,16-18H2,1-2H3;1H4. The first-order valence-electron chi connectivity index (χ1n) is 12.1. The number of aromatic nitrogens is 1. The van der Waals surface area contributed by atoms with E-state index < -0.39 is 0 Å². The molecule has 6 heteroatoms. The topological polar surface area (TPSA) is 56.1 Å². The van der Waals surface area contributed by atoms with Gasteiger partial charge in [-0.15, -0.1) is 0 Å². The van der Waals surface area contributed by atoms with Crippen LogP contribution in [-0.4, -0.2) is 35.3 Å². The lowest BCUT2D eigenvalue weighted by Gasteiger charge is -2.41. The number of para-hydroxylation sites is 1. The van der Waals surface area contributed by atoms with Crippen LogP contribution in [0, 0.1) is 0 Å².